The van der Waals surface area contributed by atoms with Gasteiger partial charge in [-0.25, -0.2) is 9.97 Å². The van der Waals surface area contributed by atoms with Gasteiger partial charge < -0.3 is 10.2 Å². The van der Waals surface area contributed by atoms with E-state index in [1.54, 1.807) is 29.9 Å². The van der Waals surface area contributed by atoms with E-state index in [9.17, 15) is 4.79 Å². The molecule has 5 nitrogen and oxygen atoms in total. The maximum atomic E-state index is 11.9. The largest absolute Gasteiger partial charge is 0.348 e. The van der Waals surface area contributed by atoms with Crippen LogP contribution in [-0.2, 0) is 4.79 Å². The summed E-state index contributed by atoms with van der Waals surface area (Å²) < 4.78 is 0. The summed E-state index contributed by atoms with van der Waals surface area (Å²) in [6.45, 7) is 3.38. The maximum absolute atomic E-state index is 11.9. The van der Waals surface area contributed by atoms with E-state index in [4.69, 9.17) is 0 Å². The molecule has 3 saturated heterocycles. The van der Waals surface area contributed by atoms with Crippen LogP contribution in [0.4, 0.5) is 0 Å². The van der Waals surface area contributed by atoms with Gasteiger partial charge in [0.05, 0.1) is 0 Å². The molecule has 0 aliphatic carbocycles. The Kier molecular flexibility index (Phi) is 4.32. The van der Waals surface area contributed by atoms with Crippen LogP contribution >= 0.6 is 11.8 Å². The number of rotatable bonds is 4. The number of carbonyl (C=O) groups excluding carboxylic acids is 1. The average Bonchev–Trinajstić information content (AvgIpc) is 2.49. The standard InChI is InChI=1S/C14H18N4OS/c19-13(4-9-20-14-15-5-1-6-16-14)17-12-10-18-7-2-11(12)3-8-18/h1,4-6,9,11-12H,2-3,7-8,10H2,(H,17,19)/b9-4+. The highest BCUT2D eigenvalue weighted by atomic mass is 32.2. The van der Waals surface area contributed by atoms with Gasteiger partial charge in [-0.3, -0.25) is 4.79 Å². The fourth-order valence-electron chi connectivity index (χ4n) is 2.86. The Balaban J connectivity index is 1.47. The monoisotopic (exact) mass is 290 g/mol. The van der Waals surface area contributed by atoms with Crippen LogP contribution in [0.2, 0.25) is 0 Å². The zero-order valence-corrected chi connectivity index (χ0v) is 12.1. The van der Waals surface area contributed by atoms with Gasteiger partial charge in [0.15, 0.2) is 5.16 Å². The molecule has 1 unspecified atom stereocenters. The predicted molar refractivity (Wildman–Crippen MR) is 78.1 cm³/mol. The van der Waals surface area contributed by atoms with Crippen LogP contribution in [-0.4, -0.2) is 46.5 Å². The predicted octanol–water partition coefficient (Wildman–Crippen LogP) is 1.29. The van der Waals surface area contributed by atoms with Gasteiger partial charge in [-0.1, -0.05) is 11.8 Å². The van der Waals surface area contributed by atoms with Crippen LogP contribution in [0.1, 0.15) is 12.8 Å². The number of thioether (sulfide) groups is 1. The molecule has 4 heterocycles. The number of hydrogen-bond acceptors (Lipinski definition) is 5. The molecule has 1 aromatic heterocycles. The molecular weight excluding hydrogens is 272 g/mol. The van der Waals surface area contributed by atoms with Gasteiger partial charge in [0.25, 0.3) is 0 Å². The lowest BCUT2D eigenvalue weighted by Gasteiger charge is -2.44. The fraction of sp³-hybridized carbons (Fsp3) is 0.500. The van der Waals surface area contributed by atoms with Gasteiger partial charge in [0.2, 0.25) is 5.91 Å². The molecular formula is C14H18N4OS. The fourth-order valence-corrected chi connectivity index (χ4v) is 3.42. The Hall–Kier alpha value is -1.40. The molecule has 3 fully saturated rings. The smallest absolute Gasteiger partial charge is 0.244 e. The highest BCUT2D eigenvalue weighted by molar-refractivity contribution is 8.02. The number of nitrogens with zero attached hydrogens (tertiary/aromatic N) is 3. The van der Waals surface area contributed by atoms with Crippen molar-refractivity contribution in [3.8, 4) is 0 Å². The summed E-state index contributed by atoms with van der Waals surface area (Å²) >= 11 is 1.35. The molecule has 20 heavy (non-hydrogen) atoms. The third-order valence-corrected chi connectivity index (χ3v) is 4.61. The first-order chi connectivity index (χ1) is 9.81. The van der Waals surface area contributed by atoms with E-state index < -0.39 is 0 Å². The maximum Gasteiger partial charge on any atom is 0.244 e. The zero-order valence-electron chi connectivity index (χ0n) is 11.2. The second-order valence-electron chi connectivity index (χ2n) is 5.21. The minimum Gasteiger partial charge on any atom is -0.348 e. The number of piperidine rings is 3. The molecule has 1 aromatic rings. The number of carbonyl (C=O) groups is 1. The summed E-state index contributed by atoms with van der Waals surface area (Å²) in [7, 11) is 0. The van der Waals surface area contributed by atoms with Gasteiger partial charge in [0.1, 0.15) is 0 Å². The van der Waals surface area contributed by atoms with Gasteiger partial charge in [-0.2, -0.15) is 0 Å². The molecule has 1 N–H and O–H groups in total. The molecule has 0 spiro atoms. The topological polar surface area (TPSA) is 58.1 Å². The SMILES string of the molecule is O=C(/C=C/Sc1ncccn1)NC1CN2CCC1CC2. The van der Waals surface area contributed by atoms with E-state index in [0.717, 1.165) is 6.54 Å². The van der Waals surface area contributed by atoms with E-state index in [2.05, 4.69) is 20.2 Å². The first-order valence-corrected chi connectivity index (χ1v) is 7.82. The lowest BCUT2D eigenvalue weighted by atomic mass is 9.84. The van der Waals surface area contributed by atoms with Gasteiger partial charge in [-0.05, 0) is 43.3 Å². The van der Waals surface area contributed by atoms with Crippen molar-refractivity contribution in [1.82, 2.24) is 20.2 Å². The normalized spacial score (nSPS) is 28.7. The summed E-state index contributed by atoms with van der Waals surface area (Å²) in [5.41, 5.74) is 0. The number of hydrogen-bond donors (Lipinski definition) is 1. The van der Waals surface area contributed by atoms with Crippen molar-refractivity contribution in [2.75, 3.05) is 19.6 Å². The van der Waals surface area contributed by atoms with Crippen LogP contribution in [0.15, 0.2) is 35.1 Å². The van der Waals surface area contributed by atoms with Crippen molar-refractivity contribution >= 4 is 17.7 Å². The quantitative estimate of drug-likeness (QED) is 0.514. The Morgan fingerprint density at radius 1 is 1.35 bits per heavy atom. The molecule has 1 amide bonds. The van der Waals surface area contributed by atoms with E-state index >= 15 is 0 Å². The molecule has 0 aromatic carbocycles. The van der Waals surface area contributed by atoms with E-state index in [-0.39, 0.29) is 5.91 Å². The molecule has 6 heteroatoms. The number of amides is 1. The summed E-state index contributed by atoms with van der Waals surface area (Å²) in [6, 6.07) is 2.08. The van der Waals surface area contributed by atoms with Crippen molar-refractivity contribution in [2.24, 2.45) is 5.92 Å². The summed E-state index contributed by atoms with van der Waals surface area (Å²) in [6.07, 6.45) is 7.37. The molecule has 0 radical (unpaired) electrons. The minimum absolute atomic E-state index is 0.0211. The summed E-state index contributed by atoms with van der Waals surface area (Å²) in [5, 5.41) is 5.51. The molecule has 3 aliphatic rings. The van der Waals surface area contributed by atoms with Crippen LogP contribution in [0.5, 0.6) is 0 Å². The average molecular weight is 290 g/mol. The molecule has 4 rings (SSSR count). The summed E-state index contributed by atoms with van der Waals surface area (Å²) in [4.78, 5) is 22.5. The zero-order chi connectivity index (χ0) is 13.8. The Bertz CT molecular complexity index is 485. The van der Waals surface area contributed by atoms with E-state index in [1.807, 2.05) is 0 Å². The Labute approximate surface area is 122 Å². The third-order valence-electron chi connectivity index (χ3n) is 3.92. The molecule has 106 valence electrons. The van der Waals surface area contributed by atoms with Crippen LogP contribution < -0.4 is 5.32 Å². The third kappa shape index (κ3) is 3.37. The van der Waals surface area contributed by atoms with Crippen LogP contribution in [0, 0.1) is 5.92 Å². The van der Waals surface area contributed by atoms with E-state index in [1.165, 1.54) is 37.7 Å². The van der Waals surface area contributed by atoms with Crippen molar-refractivity contribution in [3.63, 3.8) is 0 Å². The van der Waals surface area contributed by atoms with Crippen LogP contribution in [0.3, 0.4) is 0 Å². The van der Waals surface area contributed by atoms with Crippen molar-refractivity contribution in [2.45, 2.75) is 24.0 Å². The highest BCUT2D eigenvalue weighted by Gasteiger charge is 2.34. The van der Waals surface area contributed by atoms with Crippen molar-refractivity contribution in [3.05, 3.63) is 29.9 Å². The van der Waals surface area contributed by atoms with Crippen LogP contribution in [0.25, 0.3) is 0 Å². The van der Waals surface area contributed by atoms with Crippen molar-refractivity contribution in [1.29, 1.82) is 0 Å². The first kappa shape index (κ1) is 13.6. The van der Waals surface area contributed by atoms with Gasteiger partial charge in [-0.15, -0.1) is 0 Å². The second kappa shape index (κ2) is 6.37. The number of fused-ring (bicyclic) bond motifs is 3. The number of aromatic nitrogens is 2. The molecule has 3 aliphatic heterocycles. The summed E-state index contributed by atoms with van der Waals surface area (Å²) in [5.74, 6) is 0.634. The lowest BCUT2D eigenvalue weighted by Crippen LogP contribution is -2.57. The first-order valence-electron chi connectivity index (χ1n) is 6.94. The van der Waals surface area contributed by atoms with E-state index in [0.29, 0.717) is 17.1 Å². The van der Waals surface area contributed by atoms with Crippen molar-refractivity contribution < 1.29 is 4.79 Å². The van der Waals surface area contributed by atoms with Gasteiger partial charge in [0, 0.05) is 31.1 Å². The number of nitrogens with one attached hydrogen (secondary N) is 1. The Morgan fingerprint density at radius 3 is 2.75 bits per heavy atom. The second-order valence-corrected chi connectivity index (χ2v) is 6.08. The highest BCUT2D eigenvalue weighted by Crippen LogP contribution is 2.27. The molecule has 0 saturated carbocycles. The minimum atomic E-state index is -0.0211. The Morgan fingerprint density at radius 2 is 2.10 bits per heavy atom. The van der Waals surface area contributed by atoms with Gasteiger partial charge >= 0.3 is 0 Å². The lowest BCUT2D eigenvalue weighted by molar-refractivity contribution is -0.118. The molecule has 2 bridgehead atoms. The molecule has 1 atom stereocenters.